The molecule has 0 aliphatic heterocycles. The van der Waals surface area contributed by atoms with Crippen molar-refractivity contribution in [1.82, 2.24) is 14.8 Å². The maximum Gasteiger partial charge on any atom is 0.196 e. The lowest BCUT2D eigenvalue weighted by molar-refractivity contribution is 0.885. The lowest BCUT2D eigenvalue weighted by atomic mass is 10.2. The summed E-state index contributed by atoms with van der Waals surface area (Å²) in [4.78, 5) is 0. The van der Waals surface area contributed by atoms with Crippen LogP contribution in [0.25, 0.3) is 17.1 Å². The molecule has 0 amide bonds. The summed E-state index contributed by atoms with van der Waals surface area (Å²) >= 11 is 1.55. The summed E-state index contributed by atoms with van der Waals surface area (Å²) in [5.74, 6) is 1.52. The first kappa shape index (κ1) is 15.3. The molecule has 0 aliphatic rings. The van der Waals surface area contributed by atoms with E-state index in [4.69, 9.17) is 5.26 Å². The summed E-state index contributed by atoms with van der Waals surface area (Å²) in [6, 6.07) is 20.5. The van der Waals surface area contributed by atoms with Crippen LogP contribution in [0.1, 0.15) is 12.0 Å². The number of hydrogen-bond acceptors (Lipinski definition) is 4. The molecule has 5 heteroatoms. The Morgan fingerprint density at radius 3 is 2.48 bits per heavy atom. The SMILES string of the molecule is Cc1ccc(-n2c(SCCC#N)nnc2-c2ccccc2)cc1. The summed E-state index contributed by atoms with van der Waals surface area (Å²) in [6.07, 6.45) is 0.492. The average Bonchev–Trinajstić information content (AvgIpc) is 3.00. The van der Waals surface area contributed by atoms with Crippen molar-refractivity contribution < 1.29 is 0 Å². The van der Waals surface area contributed by atoms with E-state index in [2.05, 4.69) is 52.0 Å². The second kappa shape index (κ2) is 7.12. The first-order valence-electron chi connectivity index (χ1n) is 7.37. The lowest BCUT2D eigenvalue weighted by Gasteiger charge is -2.10. The first-order chi connectivity index (χ1) is 11.3. The van der Waals surface area contributed by atoms with Crippen molar-refractivity contribution in [3.63, 3.8) is 0 Å². The van der Waals surface area contributed by atoms with Gasteiger partial charge in [0.05, 0.1) is 6.07 Å². The summed E-state index contributed by atoms with van der Waals surface area (Å²) in [6.45, 7) is 2.07. The Morgan fingerprint density at radius 1 is 1.04 bits per heavy atom. The maximum atomic E-state index is 8.74. The van der Waals surface area contributed by atoms with Crippen LogP contribution in [0.4, 0.5) is 0 Å². The number of nitriles is 1. The highest BCUT2D eigenvalue weighted by molar-refractivity contribution is 7.99. The van der Waals surface area contributed by atoms with Gasteiger partial charge in [-0.05, 0) is 19.1 Å². The van der Waals surface area contributed by atoms with Gasteiger partial charge in [-0.1, -0.05) is 59.8 Å². The molecule has 0 bridgehead atoms. The third-order valence-corrected chi connectivity index (χ3v) is 4.33. The predicted octanol–water partition coefficient (Wildman–Crippen LogP) is 4.25. The smallest absolute Gasteiger partial charge is 0.196 e. The van der Waals surface area contributed by atoms with Crippen molar-refractivity contribution >= 4 is 11.8 Å². The van der Waals surface area contributed by atoms with Gasteiger partial charge in [0.25, 0.3) is 0 Å². The standard InChI is InChI=1S/C18H16N4S/c1-14-8-10-16(11-9-14)22-17(15-6-3-2-4-7-15)20-21-18(22)23-13-5-12-19/h2-4,6-11H,5,13H2,1H3. The van der Waals surface area contributed by atoms with Crippen LogP contribution in [0.2, 0.25) is 0 Å². The highest BCUT2D eigenvalue weighted by Crippen LogP contribution is 2.28. The molecule has 4 nitrogen and oxygen atoms in total. The summed E-state index contributed by atoms with van der Waals surface area (Å²) in [5, 5.41) is 18.2. The molecule has 0 spiro atoms. The van der Waals surface area contributed by atoms with Crippen LogP contribution in [-0.2, 0) is 0 Å². The van der Waals surface area contributed by atoms with Crippen molar-refractivity contribution in [3.05, 3.63) is 60.2 Å². The number of nitrogens with zero attached hydrogens (tertiary/aromatic N) is 4. The zero-order chi connectivity index (χ0) is 16.1. The van der Waals surface area contributed by atoms with Crippen LogP contribution in [0, 0.1) is 18.3 Å². The zero-order valence-electron chi connectivity index (χ0n) is 12.8. The third-order valence-electron chi connectivity index (χ3n) is 3.40. The molecule has 3 aromatic rings. The summed E-state index contributed by atoms with van der Waals surface area (Å²) < 4.78 is 2.05. The number of rotatable bonds is 5. The Balaban J connectivity index is 2.06. The third kappa shape index (κ3) is 3.43. The van der Waals surface area contributed by atoms with Crippen molar-refractivity contribution in [2.75, 3.05) is 5.75 Å². The van der Waals surface area contributed by atoms with Crippen LogP contribution in [-0.4, -0.2) is 20.5 Å². The fourth-order valence-corrected chi connectivity index (χ4v) is 3.05. The summed E-state index contributed by atoms with van der Waals surface area (Å²) in [5.41, 5.74) is 3.26. The molecule has 0 N–H and O–H groups in total. The van der Waals surface area contributed by atoms with E-state index in [9.17, 15) is 0 Å². The minimum Gasteiger partial charge on any atom is -0.270 e. The molecular weight excluding hydrogens is 304 g/mol. The van der Waals surface area contributed by atoms with Gasteiger partial charge in [-0.25, -0.2) is 0 Å². The highest BCUT2D eigenvalue weighted by Gasteiger charge is 2.15. The molecule has 0 saturated heterocycles. The molecule has 1 heterocycles. The number of hydrogen-bond donors (Lipinski definition) is 0. The van der Waals surface area contributed by atoms with Crippen LogP contribution in [0.3, 0.4) is 0 Å². The van der Waals surface area contributed by atoms with E-state index in [-0.39, 0.29) is 0 Å². The predicted molar refractivity (Wildman–Crippen MR) is 92.5 cm³/mol. The monoisotopic (exact) mass is 320 g/mol. The van der Waals surface area contributed by atoms with E-state index in [1.54, 1.807) is 11.8 Å². The second-order valence-corrected chi connectivity index (χ2v) is 6.16. The van der Waals surface area contributed by atoms with Crippen molar-refractivity contribution in [3.8, 4) is 23.1 Å². The molecule has 0 radical (unpaired) electrons. The molecule has 3 rings (SSSR count). The van der Waals surface area contributed by atoms with Gasteiger partial charge in [0.2, 0.25) is 0 Å². The molecule has 0 fully saturated rings. The quantitative estimate of drug-likeness (QED) is 0.521. The largest absolute Gasteiger partial charge is 0.270 e. The highest BCUT2D eigenvalue weighted by atomic mass is 32.2. The van der Waals surface area contributed by atoms with Crippen LogP contribution >= 0.6 is 11.8 Å². The number of benzene rings is 2. The molecule has 114 valence electrons. The zero-order valence-corrected chi connectivity index (χ0v) is 13.6. The molecule has 23 heavy (non-hydrogen) atoms. The molecule has 0 unspecified atom stereocenters. The van der Waals surface area contributed by atoms with E-state index in [1.165, 1.54) is 5.56 Å². The van der Waals surface area contributed by atoms with E-state index in [1.807, 2.05) is 30.3 Å². The van der Waals surface area contributed by atoms with Gasteiger partial charge >= 0.3 is 0 Å². The Kier molecular flexibility index (Phi) is 4.74. The Labute approximate surface area is 139 Å². The van der Waals surface area contributed by atoms with E-state index < -0.39 is 0 Å². The molecular formula is C18H16N4S. The molecule has 2 aromatic carbocycles. The van der Waals surface area contributed by atoms with Gasteiger partial charge in [0, 0.05) is 23.4 Å². The van der Waals surface area contributed by atoms with Gasteiger partial charge in [-0.2, -0.15) is 5.26 Å². The number of aryl methyl sites for hydroxylation is 1. The van der Waals surface area contributed by atoms with Gasteiger partial charge in [-0.3, -0.25) is 4.57 Å². The minimum absolute atomic E-state index is 0.492. The molecule has 0 aliphatic carbocycles. The number of thioether (sulfide) groups is 1. The minimum atomic E-state index is 0.492. The van der Waals surface area contributed by atoms with E-state index in [0.717, 1.165) is 22.2 Å². The molecule has 1 aromatic heterocycles. The van der Waals surface area contributed by atoms with Crippen molar-refractivity contribution in [1.29, 1.82) is 5.26 Å². The molecule has 0 atom stereocenters. The fourth-order valence-electron chi connectivity index (χ4n) is 2.25. The Hall–Kier alpha value is -2.58. The Bertz CT molecular complexity index is 816. The van der Waals surface area contributed by atoms with E-state index >= 15 is 0 Å². The fraction of sp³-hybridized carbons (Fsp3) is 0.167. The Morgan fingerprint density at radius 2 is 1.78 bits per heavy atom. The van der Waals surface area contributed by atoms with Gasteiger partial charge in [-0.15, -0.1) is 10.2 Å². The van der Waals surface area contributed by atoms with E-state index in [0.29, 0.717) is 12.2 Å². The van der Waals surface area contributed by atoms with Crippen LogP contribution < -0.4 is 0 Å². The lowest BCUT2D eigenvalue weighted by Crippen LogP contribution is -2.00. The van der Waals surface area contributed by atoms with Crippen molar-refractivity contribution in [2.24, 2.45) is 0 Å². The van der Waals surface area contributed by atoms with Crippen LogP contribution in [0.5, 0.6) is 0 Å². The summed E-state index contributed by atoms with van der Waals surface area (Å²) in [7, 11) is 0. The molecule has 0 saturated carbocycles. The second-order valence-electron chi connectivity index (χ2n) is 5.10. The van der Waals surface area contributed by atoms with Gasteiger partial charge < -0.3 is 0 Å². The normalized spacial score (nSPS) is 10.4. The van der Waals surface area contributed by atoms with Crippen molar-refractivity contribution in [2.45, 2.75) is 18.5 Å². The topological polar surface area (TPSA) is 54.5 Å². The average molecular weight is 320 g/mol. The van der Waals surface area contributed by atoms with Gasteiger partial charge in [0.1, 0.15) is 0 Å². The van der Waals surface area contributed by atoms with Crippen LogP contribution in [0.15, 0.2) is 59.8 Å². The maximum absolute atomic E-state index is 8.74. The number of aromatic nitrogens is 3. The first-order valence-corrected chi connectivity index (χ1v) is 8.36. The van der Waals surface area contributed by atoms with Gasteiger partial charge in [0.15, 0.2) is 11.0 Å².